The average molecular weight is 463 g/mol. The number of rotatable bonds is 13. The number of carboxylic acid groups (broad SMARTS) is 1. The summed E-state index contributed by atoms with van der Waals surface area (Å²) in [6.07, 6.45) is 9.42. The maximum Gasteiger partial charge on any atom is 0.303 e. The summed E-state index contributed by atoms with van der Waals surface area (Å²) in [5.74, 6) is 0.198. The zero-order valence-corrected chi connectivity index (χ0v) is 19.8. The number of allylic oxidation sites excluding steroid dienone is 2. The Morgan fingerprint density at radius 1 is 1.12 bits per heavy atom. The fourth-order valence-corrected chi connectivity index (χ4v) is 4.95. The van der Waals surface area contributed by atoms with Crippen molar-refractivity contribution in [2.24, 2.45) is 11.8 Å². The number of benzene rings is 1. The van der Waals surface area contributed by atoms with Gasteiger partial charge in [-0.1, -0.05) is 30.4 Å². The number of para-hydroxylation sites is 1. The molecule has 0 amide bonds. The third-order valence-electron chi connectivity index (χ3n) is 6.50. The highest BCUT2D eigenvalue weighted by Crippen LogP contribution is 2.43. The van der Waals surface area contributed by atoms with E-state index in [1.54, 1.807) is 14.2 Å². The van der Waals surface area contributed by atoms with Crippen molar-refractivity contribution in [1.29, 1.82) is 0 Å². The van der Waals surface area contributed by atoms with Crippen LogP contribution in [0.3, 0.4) is 0 Å². The number of carboxylic acids is 1. The van der Waals surface area contributed by atoms with Crippen molar-refractivity contribution in [1.82, 2.24) is 0 Å². The predicted octanol–water partition coefficient (Wildman–Crippen LogP) is 4.80. The smallest absolute Gasteiger partial charge is 0.303 e. The van der Waals surface area contributed by atoms with Crippen LogP contribution in [-0.2, 0) is 23.7 Å². The number of hydrogen-bond donors (Lipinski definition) is 1. The van der Waals surface area contributed by atoms with E-state index in [4.69, 9.17) is 28.8 Å². The van der Waals surface area contributed by atoms with Crippen LogP contribution in [0.5, 0.6) is 5.75 Å². The summed E-state index contributed by atoms with van der Waals surface area (Å²) < 4.78 is 30.2. The minimum atomic E-state index is -0.778. The summed E-state index contributed by atoms with van der Waals surface area (Å²) in [7, 11) is 3.33. The van der Waals surface area contributed by atoms with Crippen molar-refractivity contribution < 1.29 is 33.6 Å². The van der Waals surface area contributed by atoms with Crippen LogP contribution in [-0.4, -0.2) is 56.7 Å². The Hall–Kier alpha value is -1.93. The van der Waals surface area contributed by atoms with E-state index in [1.807, 2.05) is 36.4 Å². The molecule has 1 heterocycles. The maximum atomic E-state index is 10.7. The lowest BCUT2D eigenvalue weighted by Crippen LogP contribution is -2.39. The number of carbonyl (C=O) groups is 1. The summed E-state index contributed by atoms with van der Waals surface area (Å²) in [4.78, 5) is 10.7. The predicted molar refractivity (Wildman–Crippen MR) is 124 cm³/mol. The van der Waals surface area contributed by atoms with Gasteiger partial charge in [0.05, 0.1) is 6.10 Å². The van der Waals surface area contributed by atoms with Crippen molar-refractivity contribution in [2.45, 2.75) is 76.2 Å². The minimum absolute atomic E-state index is 0.00772. The second-order valence-corrected chi connectivity index (χ2v) is 8.74. The molecule has 33 heavy (non-hydrogen) atoms. The zero-order valence-electron chi connectivity index (χ0n) is 19.8. The molecule has 0 aromatic heterocycles. The highest BCUT2D eigenvalue weighted by atomic mass is 16.7. The number of hydrogen-bond acceptors (Lipinski definition) is 6. The van der Waals surface area contributed by atoms with Gasteiger partial charge in [-0.05, 0) is 50.7 Å². The van der Waals surface area contributed by atoms with E-state index in [-0.39, 0.29) is 36.8 Å². The van der Waals surface area contributed by atoms with E-state index in [2.05, 4.69) is 6.08 Å². The van der Waals surface area contributed by atoms with E-state index >= 15 is 0 Å². The first-order chi connectivity index (χ1) is 16.1. The van der Waals surface area contributed by atoms with E-state index < -0.39 is 12.3 Å². The van der Waals surface area contributed by atoms with E-state index in [9.17, 15) is 4.79 Å². The van der Waals surface area contributed by atoms with Gasteiger partial charge in [-0.25, -0.2) is 0 Å². The molecule has 1 aromatic carbocycles. The highest BCUT2D eigenvalue weighted by Gasteiger charge is 2.50. The lowest BCUT2D eigenvalue weighted by Gasteiger charge is -2.33. The normalized spacial score (nSPS) is 27.9. The van der Waals surface area contributed by atoms with E-state index in [0.717, 1.165) is 50.9 Å². The molecule has 0 bridgehead atoms. The van der Waals surface area contributed by atoms with Gasteiger partial charge in [0.1, 0.15) is 11.9 Å². The van der Waals surface area contributed by atoms with Crippen LogP contribution in [0.1, 0.15) is 51.4 Å². The molecular formula is C26H38O7. The summed E-state index contributed by atoms with van der Waals surface area (Å²) >= 11 is 0. The molecule has 1 N–H and O–H groups in total. The first-order valence-corrected chi connectivity index (χ1v) is 12.0. The molecule has 1 saturated carbocycles. The largest absolute Gasteiger partial charge is 0.490 e. The molecule has 1 saturated heterocycles. The number of aliphatic carboxylic acids is 1. The van der Waals surface area contributed by atoms with Gasteiger partial charge in [-0.15, -0.1) is 0 Å². The Bertz CT molecular complexity index is 713. The molecule has 3 rings (SSSR count). The lowest BCUT2D eigenvalue weighted by atomic mass is 9.88. The van der Waals surface area contributed by atoms with Crippen molar-refractivity contribution in [3.8, 4) is 5.75 Å². The van der Waals surface area contributed by atoms with Gasteiger partial charge in [0.15, 0.2) is 12.6 Å². The van der Waals surface area contributed by atoms with Crippen LogP contribution in [0, 0.1) is 11.8 Å². The monoisotopic (exact) mass is 462 g/mol. The van der Waals surface area contributed by atoms with Gasteiger partial charge in [0.25, 0.3) is 0 Å². The SMILES string of the molecule is COC(OC)[C@@H]1[C@@H](CCC=CCCC(=O)O)[C@H](Oc2ccccc2)C[C@H]1OC1CCCCO1. The molecule has 1 aromatic rings. The molecule has 1 aliphatic carbocycles. The van der Waals surface area contributed by atoms with Crippen molar-refractivity contribution >= 4 is 5.97 Å². The van der Waals surface area contributed by atoms with Crippen molar-refractivity contribution in [3.05, 3.63) is 42.5 Å². The molecule has 184 valence electrons. The Kier molecular flexibility index (Phi) is 10.7. The van der Waals surface area contributed by atoms with Gasteiger partial charge in [-0.2, -0.15) is 0 Å². The van der Waals surface area contributed by atoms with Crippen LogP contribution in [0.4, 0.5) is 0 Å². The summed E-state index contributed by atoms with van der Waals surface area (Å²) in [5, 5.41) is 8.83. The Labute approximate surface area is 197 Å². The molecule has 1 unspecified atom stereocenters. The van der Waals surface area contributed by atoms with Gasteiger partial charge >= 0.3 is 5.97 Å². The third kappa shape index (κ3) is 7.81. The highest BCUT2D eigenvalue weighted by molar-refractivity contribution is 5.66. The fraction of sp³-hybridized carbons (Fsp3) is 0.654. The number of methoxy groups -OCH3 is 2. The second-order valence-electron chi connectivity index (χ2n) is 8.74. The zero-order chi connectivity index (χ0) is 23.5. The van der Waals surface area contributed by atoms with Crippen LogP contribution in [0.15, 0.2) is 42.5 Å². The minimum Gasteiger partial charge on any atom is -0.490 e. The molecular weight excluding hydrogens is 424 g/mol. The Morgan fingerprint density at radius 3 is 2.55 bits per heavy atom. The first-order valence-electron chi connectivity index (χ1n) is 12.0. The standard InChI is InChI=1S/C26H38O7/c1-29-26(30-2)25-20(14-8-3-4-9-15-23(27)28)21(32-19-12-6-5-7-13-19)18-22(25)33-24-16-10-11-17-31-24/h3-7,12-13,20-22,24-26H,8-11,14-18H2,1-2H3,(H,27,28)/t20-,21+,22+,24?,25+/m0/s1. The molecule has 2 fully saturated rings. The van der Waals surface area contributed by atoms with Crippen LogP contribution >= 0.6 is 0 Å². The molecule has 2 aliphatic rings. The Morgan fingerprint density at radius 2 is 1.88 bits per heavy atom. The molecule has 7 nitrogen and oxygen atoms in total. The van der Waals surface area contributed by atoms with Crippen molar-refractivity contribution in [3.63, 3.8) is 0 Å². The number of ether oxygens (including phenoxy) is 5. The molecule has 0 radical (unpaired) electrons. The van der Waals surface area contributed by atoms with Crippen LogP contribution in [0.25, 0.3) is 0 Å². The average Bonchev–Trinajstić information content (AvgIpc) is 3.14. The van der Waals surface area contributed by atoms with Gasteiger partial charge in [0, 0.05) is 45.5 Å². The van der Waals surface area contributed by atoms with E-state index in [0.29, 0.717) is 6.42 Å². The topological polar surface area (TPSA) is 83.5 Å². The van der Waals surface area contributed by atoms with Crippen LogP contribution in [0.2, 0.25) is 0 Å². The lowest BCUT2D eigenvalue weighted by molar-refractivity contribution is -0.227. The molecule has 0 spiro atoms. The molecule has 5 atom stereocenters. The fourth-order valence-electron chi connectivity index (χ4n) is 4.95. The first kappa shape index (κ1) is 25.7. The maximum absolute atomic E-state index is 10.7. The quantitative estimate of drug-likeness (QED) is 0.333. The summed E-state index contributed by atoms with van der Waals surface area (Å²) in [6.45, 7) is 0.731. The van der Waals surface area contributed by atoms with Crippen molar-refractivity contribution in [2.75, 3.05) is 20.8 Å². The second kappa shape index (κ2) is 13.7. The molecule has 1 aliphatic heterocycles. The van der Waals surface area contributed by atoms with Crippen LogP contribution < -0.4 is 4.74 Å². The van der Waals surface area contributed by atoms with Gasteiger partial charge < -0.3 is 28.8 Å². The summed E-state index contributed by atoms with van der Waals surface area (Å²) in [6, 6.07) is 9.86. The summed E-state index contributed by atoms with van der Waals surface area (Å²) in [5.41, 5.74) is 0. The van der Waals surface area contributed by atoms with E-state index in [1.165, 1.54) is 0 Å². The molecule has 7 heteroatoms. The van der Waals surface area contributed by atoms with Gasteiger partial charge in [0.2, 0.25) is 0 Å². The third-order valence-corrected chi connectivity index (χ3v) is 6.50. The van der Waals surface area contributed by atoms with Gasteiger partial charge in [-0.3, -0.25) is 4.79 Å². The Balaban J connectivity index is 1.74.